The highest BCUT2D eigenvalue weighted by Gasteiger charge is 2.52. The molecule has 1 aromatic heterocycles. The molecule has 18 heteroatoms. The van der Waals surface area contributed by atoms with Gasteiger partial charge in [-0.05, 0) is 29.3 Å². The van der Waals surface area contributed by atoms with Crippen LogP contribution >= 0.6 is 58.5 Å². The number of quaternary nitrogens is 1. The van der Waals surface area contributed by atoms with Crippen LogP contribution in [0, 0.1) is 13.8 Å². The predicted molar refractivity (Wildman–Crippen MR) is 204 cm³/mol. The SMILES string of the molecule is Cc1cc(SCC2=C(C(=O)[O-])N3C(=O)[C@@H](NC(=O)CSc4cc(Cl)c(/C=C/C(=O)NCC(=O)[O-])cc4Cl)[C@H]3SC2)cc(C)[n+]1CCC[N+]1(C)CCOCC1. The molecule has 54 heavy (non-hydrogen) atoms. The van der Waals surface area contributed by atoms with Crippen LogP contribution in [-0.4, -0.2) is 114 Å². The summed E-state index contributed by atoms with van der Waals surface area (Å²) in [6.45, 7) is 9.20. The number of thioether (sulfide) groups is 3. The number of hydrogen-bond acceptors (Lipinski definition) is 11. The molecule has 0 spiro atoms. The van der Waals surface area contributed by atoms with E-state index >= 15 is 0 Å². The first-order chi connectivity index (χ1) is 25.7. The number of ether oxygens (including phenoxy) is 1. The van der Waals surface area contributed by atoms with Crippen molar-refractivity contribution in [1.29, 1.82) is 0 Å². The second-order valence-corrected chi connectivity index (χ2v) is 17.4. The van der Waals surface area contributed by atoms with Crippen molar-refractivity contribution in [3.05, 3.63) is 68.6 Å². The maximum Gasteiger partial charge on any atom is 0.253 e. The van der Waals surface area contributed by atoms with Gasteiger partial charge in [-0.15, -0.1) is 35.3 Å². The topological polar surface area (TPSA) is 172 Å². The average Bonchev–Trinajstić information content (AvgIpc) is 3.12. The van der Waals surface area contributed by atoms with E-state index in [0.29, 0.717) is 27.5 Å². The van der Waals surface area contributed by atoms with Crippen molar-refractivity contribution in [3.63, 3.8) is 0 Å². The fourth-order valence-electron chi connectivity index (χ4n) is 6.42. The lowest BCUT2D eigenvalue weighted by atomic mass is 10.0. The number of β-lactam (4-membered cyclic amide) rings is 1. The molecule has 0 aliphatic carbocycles. The summed E-state index contributed by atoms with van der Waals surface area (Å²) in [5.41, 5.74) is 3.10. The van der Waals surface area contributed by atoms with E-state index in [9.17, 15) is 34.2 Å². The number of aromatic nitrogens is 1. The molecule has 0 unspecified atom stereocenters. The fourth-order valence-corrected chi connectivity index (χ4v) is 10.4. The van der Waals surface area contributed by atoms with Crippen molar-refractivity contribution in [2.45, 2.75) is 48.0 Å². The summed E-state index contributed by atoms with van der Waals surface area (Å²) in [5, 5.41) is 27.6. The molecule has 2 saturated heterocycles. The number of amides is 3. The number of carboxylic acid groups (broad SMARTS) is 2. The molecule has 3 aliphatic rings. The summed E-state index contributed by atoms with van der Waals surface area (Å²) >= 11 is 16.7. The van der Waals surface area contributed by atoms with Crippen LogP contribution in [0.3, 0.4) is 0 Å². The normalized spacial score (nSPS) is 19.4. The number of pyridine rings is 1. The number of morpholine rings is 1. The molecule has 13 nitrogen and oxygen atoms in total. The Bertz CT molecular complexity index is 1860. The molecule has 5 rings (SSSR count). The molecule has 4 heterocycles. The molecule has 290 valence electrons. The number of likely N-dealkylation sites (N-methyl/N-ethyl adjacent to an activating group) is 1. The molecular formula is C36H41Cl2N5O8S3. The Balaban J connectivity index is 1.14. The van der Waals surface area contributed by atoms with Gasteiger partial charge in [0.25, 0.3) is 5.91 Å². The zero-order valence-corrected chi connectivity index (χ0v) is 33.9. The number of carbonyl (C=O) groups is 5. The Hall–Kier alpha value is -3.25. The molecule has 2 fully saturated rings. The van der Waals surface area contributed by atoms with E-state index in [1.54, 1.807) is 0 Å². The number of aryl methyl sites for hydroxylation is 2. The molecule has 0 bridgehead atoms. The number of aliphatic carboxylic acids is 2. The number of hydrogen-bond donors (Lipinski definition) is 2. The predicted octanol–water partition coefficient (Wildman–Crippen LogP) is 0.932. The fraction of sp³-hybridized carbons (Fsp3) is 0.444. The number of carbonyl (C=O) groups excluding carboxylic acids is 5. The zero-order chi connectivity index (χ0) is 39.2. The van der Waals surface area contributed by atoms with E-state index < -0.39 is 47.6 Å². The number of nitrogens with zero attached hydrogens (tertiary/aromatic N) is 3. The first kappa shape index (κ1) is 41.9. The highest BCUT2D eigenvalue weighted by Crippen LogP contribution is 2.41. The molecule has 2 aromatic rings. The quantitative estimate of drug-likeness (QED) is 0.0811. The van der Waals surface area contributed by atoms with Gasteiger partial charge in [-0.25, -0.2) is 0 Å². The van der Waals surface area contributed by atoms with E-state index in [4.69, 9.17) is 27.9 Å². The summed E-state index contributed by atoms with van der Waals surface area (Å²) < 4.78 is 8.86. The number of carboxylic acids is 2. The van der Waals surface area contributed by atoms with Crippen LogP contribution in [0.2, 0.25) is 10.0 Å². The highest BCUT2D eigenvalue weighted by atomic mass is 35.5. The molecule has 3 aliphatic heterocycles. The van der Waals surface area contributed by atoms with Crippen molar-refractivity contribution in [1.82, 2.24) is 15.5 Å². The summed E-state index contributed by atoms with van der Waals surface area (Å²) in [6, 6.07) is 6.34. The molecule has 0 saturated carbocycles. The van der Waals surface area contributed by atoms with Gasteiger partial charge in [0.05, 0.1) is 68.2 Å². The third-order valence-corrected chi connectivity index (χ3v) is 13.6. The minimum absolute atomic E-state index is 0.104. The standard InChI is InChI=1S/C36H41Cl2N5O8S3/c1-21-13-25(14-22(2)41(21)7-4-8-43(3)9-11-51-12-10-43)52-18-24-19-54-35-32(34(48)42(35)33(24)36(49)50)40-30(45)20-53-28-16-26(37)23(15-27(28)38)5-6-29(44)39-17-31(46)47/h5-6,13-16,32,35H,4,7-12,17-20H2,1-3H3,(H2-2,39,40,44,45,46,47,49,50)/b6-5+/t32-,35-/m1/s1. The second-order valence-electron chi connectivity index (χ2n) is 13.4. The van der Waals surface area contributed by atoms with Gasteiger partial charge in [0.15, 0.2) is 17.9 Å². The van der Waals surface area contributed by atoms with Crippen LogP contribution in [0.1, 0.15) is 23.4 Å². The van der Waals surface area contributed by atoms with Gasteiger partial charge in [-0.2, -0.15) is 4.57 Å². The third-order valence-electron chi connectivity index (χ3n) is 9.39. The number of halogens is 2. The van der Waals surface area contributed by atoms with Gasteiger partial charge < -0.3 is 39.7 Å². The van der Waals surface area contributed by atoms with Crippen LogP contribution in [0.15, 0.2) is 51.4 Å². The zero-order valence-electron chi connectivity index (χ0n) is 30.0. The Morgan fingerprint density at radius 2 is 1.78 bits per heavy atom. The third kappa shape index (κ3) is 10.5. The van der Waals surface area contributed by atoms with Crippen LogP contribution in [-0.2, 0) is 35.3 Å². The average molecular weight is 839 g/mol. The van der Waals surface area contributed by atoms with Gasteiger partial charge in [-0.1, -0.05) is 23.2 Å². The van der Waals surface area contributed by atoms with Crippen LogP contribution in [0.4, 0.5) is 0 Å². The highest BCUT2D eigenvalue weighted by molar-refractivity contribution is 8.01. The number of rotatable bonds is 16. The van der Waals surface area contributed by atoms with Crippen LogP contribution in [0.5, 0.6) is 0 Å². The minimum atomic E-state index is -1.43. The number of benzene rings is 1. The van der Waals surface area contributed by atoms with Crippen molar-refractivity contribution in [3.8, 4) is 0 Å². The Morgan fingerprint density at radius 3 is 2.44 bits per heavy atom. The van der Waals surface area contributed by atoms with Crippen molar-refractivity contribution in [2.75, 3.05) is 63.7 Å². The summed E-state index contributed by atoms with van der Waals surface area (Å²) in [6.07, 6.45) is 3.52. The minimum Gasteiger partial charge on any atom is -0.548 e. The van der Waals surface area contributed by atoms with E-state index in [1.807, 2.05) is 0 Å². The lowest BCUT2D eigenvalue weighted by Crippen LogP contribution is -2.71. The number of nitrogens with one attached hydrogen (secondary N) is 2. The Morgan fingerprint density at radius 1 is 1.07 bits per heavy atom. The van der Waals surface area contributed by atoms with E-state index in [1.165, 1.54) is 46.6 Å². The van der Waals surface area contributed by atoms with E-state index in [2.05, 4.69) is 48.2 Å². The first-order valence-electron chi connectivity index (χ1n) is 17.2. The molecule has 1 aromatic carbocycles. The van der Waals surface area contributed by atoms with E-state index in [0.717, 1.165) is 84.4 Å². The molecule has 2 N–H and O–H groups in total. The monoisotopic (exact) mass is 837 g/mol. The molecule has 2 atom stereocenters. The largest absolute Gasteiger partial charge is 0.548 e. The number of fused-ring (bicyclic) bond motifs is 1. The molecule has 3 amide bonds. The van der Waals surface area contributed by atoms with Crippen molar-refractivity contribution < 1.29 is 48.0 Å². The smallest absolute Gasteiger partial charge is 0.253 e. The van der Waals surface area contributed by atoms with Gasteiger partial charge in [0, 0.05) is 58.4 Å². The second kappa shape index (κ2) is 18.6. The van der Waals surface area contributed by atoms with Gasteiger partial charge >= 0.3 is 0 Å². The van der Waals surface area contributed by atoms with Crippen LogP contribution < -0.4 is 25.4 Å². The maximum absolute atomic E-state index is 13.2. The molecular weight excluding hydrogens is 798 g/mol. The summed E-state index contributed by atoms with van der Waals surface area (Å²) in [5.74, 6) is -3.86. The van der Waals surface area contributed by atoms with Crippen molar-refractivity contribution >= 4 is 94.2 Å². The summed E-state index contributed by atoms with van der Waals surface area (Å²) in [4.78, 5) is 63.5. The Kier molecular flexibility index (Phi) is 14.4. The van der Waals surface area contributed by atoms with Crippen LogP contribution in [0.25, 0.3) is 6.08 Å². The van der Waals surface area contributed by atoms with Crippen molar-refractivity contribution in [2.24, 2.45) is 0 Å². The Labute approximate surface area is 336 Å². The van der Waals surface area contributed by atoms with E-state index in [-0.39, 0.29) is 21.5 Å². The van der Waals surface area contributed by atoms with Gasteiger partial charge in [0.1, 0.15) is 24.5 Å². The molecule has 0 radical (unpaired) electrons. The van der Waals surface area contributed by atoms with Gasteiger partial charge in [0.2, 0.25) is 11.8 Å². The lowest BCUT2D eigenvalue weighted by Gasteiger charge is -2.50. The first-order valence-corrected chi connectivity index (χ1v) is 20.9. The lowest BCUT2D eigenvalue weighted by molar-refractivity contribution is -0.919. The maximum atomic E-state index is 13.2. The summed E-state index contributed by atoms with van der Waals surface area (Å²) in [7, 11) is 2.29. The van der Waals surface area contributed by atoms with Gasteiger partial charge in [-0.3, -0.25) is 19.3 Å².